The Morgan fingerprint density at radius 1 is 1.39 bits per heavy atom. The van der Waals surface area contributed by atoms with Crippen molar-refractivity contribution < 1.29 is 4.74 Å². The van der Waals surface area contributed by atoms with Gasteiger partial charge in [-0.1, -0.05) is 6.92 Å². The monoisotopic (exact) mass is 243 g/mol. The lowest BCUT2D eigenvalue weighted by Crippen LogP contribution is -2.04. The highest BCUT2D eigenvalue weighted by molar-refractivity contribution is 6.08. The lowest BCUT2D eigenvalue weighted by atomic mass is 10.0. The lowest BCUT2D eigenvalue weighted by Gasteiger charge is -2.10. The van der Waals surface area contributed by atoms with Gasteiger partial charge in [-0.2, -0.15) is 0 Å². The van der Waals surface area contributed by atoms with Crippen LogP contribution < -0.4 is 10.5 Å². The highest BCUT2D eigenvalue weighted by atomic mass is 16.5. The molecule has 0 aliphatic heterocycles. The number of nitrogens with two attached hydrogens (primary N) is 1. The molecule has 0 atom stereocenters. The van der Waals surface area contributed by atoms with Crippen molar-refractivity contribution in [2.75, 3.05) is 12.3 Å². The summed E-state index contributed by atoms with van der Waals surface area (Å²) in [6.07, 6.45) is 2.31. The summed E-state index contributed by atoms with van der Waals surface area (Å²) >= 11 is 0. The third-order valence-corrected chi connectivity index (χ3v) is 2.87. The van der Waals surface area contributed by atoms with Gasteiger partial charge in [0.25, 0.3) is 0 Å². The minimum absolute atomic E-state index is 0.503. The van der Waals surface area contributed by atoms with E-state index in [1.165, 1.54) is 0 Å². The van der Waals surface area contributed by atoms with E-state index in [4.69, 9.17) is 15.9 Å². The number of nitrogen functional groups attached to an aromatic ring is 1. The van der Waals surface area contributed by atoms with E-state index in [9.17, 15) is 0 Å². The lowest BCUT2D eigenvalue weighted by molar-refractivity contribution is 0.340. The fraction of sp³-hybridized carbons (Fsp3) is 0.286. The molecule has 0 aliphatic carbocycles. The van der Waals surface area contributed by atoms with E-state index in [0.717, 1.165) is 16.7 Å². The first-order chi connectivity index (χ1) is 8.67. The third kappa shape index (κ3) is 2.14. The van der Waals surface area contributed by atoms with Crippen LogP contribution in [0.1, 0.15) is 25.8 Å². The summed E-state index contributed by atoms with van der Waals surface area (Å²) in [6, 6.07) is 5.65. The number of pyridine rings is 1. The fourth-order valence-corrected chi connectivity index (χ4v) is 1.88. The normalized spacial score (nSPS) is 10.6. The molecule has 18 heavy (non-hydrogen) atoms. The van der Waals surface area contributed by atoms with Gasteiger partial charge in [-0.3, -0.25) is 4.98 Å². The van der Waals surface area contributed by atoms with Crippen molar-refractivity contribution >= 4 is 22.3 Å². The maximum Gasteiger partial charge on any atom is 0.120 e. The van der Waals surface area contributed by atoms with Gasteiger partial charge in [0.15, 0.2) is 0 Å². The van der Waals surface area contributed by atoms with Crippen LogP contribution in [-0.2, 0) is 0 Å². The van der Waals surface area contributed by atoms with Crippen LogP contribution in [0.25, 0.3) is 10.9 Å². The molecule has 0 aliphatic rings. The van der Waals surface area contributed by atoms with Crippen LogP contribution in [0.15, 0.2) is 24.4 Å². The number of ether oxygens (including phenoxy) is 1. The first-order valence-corrected chi connectivity index (χ1v) is 6.06. The molecule has 0 bridgehead atoms. The topological polar surface area (TPSA) is 72.0 Å². The second kappa shape index (κ2) is 5.04. The molecule has 2 rings (SSSR count). The molecule has 3 N–H and O–H groups in total. The zero-order valence-electron chi connectivity index (χ0n) is 10.7. The van der Waals surface area contributed by atoms with Crippen molar-refractivity contribution in [2.24, 2.45) is 0 Å². The molecule has 0 saturated heterocycles. The number of hydrogen-bond donors (Lipinski definition) is 2. The molecular weight excluding hydrogens is 226 g/mol. The van der Waals surface area contributed by atoms with Crippen LogP contribution in [0.5, 0.6) is 5.75 Å². The van der Waals surface area contributed by atoms with E-state index in [1.54, 1.807) is 6.20 Å². The van der Waals surface area contributed by atoms with Crippen LogP contribution in [0.2, 0.25) is 0 Å². The summed E-state index contributed by atoms with van der Waals surface area (Å²) in [6.45, 7) is 4.49. The molecule has 0 saturated carbocycles. The molecule has 0 spiro atoms. The van der Waals surface area contributed by atoms with Crippen molar-refractivity contribution in [1.29, 1.82) is 5.41 Å². The largest absolute Gasteiger partial charge is 0.494 e. The smallest absolute Gasteiger partial charge is 0.120 e. The predicted octanol–water partition coefficient (Wildman–Crippen LogP) is 2.99. The van der Waals surface area contributed by atoms with Crippen LogP contribution in [0.3, 0.4) is 0 Å². The van der Waals surface area contributed by atoms with Crippen LogP contribution in [0, 0.1) is 5.41 Å². The van der Waals surface area contributed by atoms with Crippen molar-refractivity contribution in [2.45, 2.75) is 20.3 Å². The number of nitrogens with one attached hydrogen (secondary N) is 1. The summed E-state index contributed by atoms with van der Waals surface area (Å²) in [5, 5.41) is 8.72. The Bertz CT molecular complexity index is 593. The number of nitrogens with zero attached hydrogens (tertiary/aromatic N) is 1. The molecule has 1 aromatic heterocycles. The Labute approximate surface area is 106 Å². The van der Waals surface area contributed by atoms with Gasteiger partial charge < -0.3 is 15.9 Å². The SMILES string of the molecule is CCOc1ccc2ncc(C(=N)CC)c(N)c2c1. The van der Waals surface area contributed by atoms with E-state index < -0.39 is 0 Å². The highest BCUT2D eigenvalue weighted by Crippen LogP contribution is 2.27. The second-order valence-electron chi connectivity index (χ2n) is 4.03. The number of benzene rings is 1. The Balaban J connectivity index is 2.60. The predicted molar refractivity (Wildman–Crippen MR) is 74.4 cm³/mol. The van der Waals surface area contributed by atoms with Gasteiger partial charge in [-0.05, 0) is 31.5 Å². The zero-order chi connectivity index (χ0) is 13.1. The molecular formula is C14H17N3O. The van der Waals surface area contributed by atoms with Crippen molar-refractivity contribution in [1.82, 2.24) is 4.98 Å². The van der Waals surface area contributed by atoms with Gasteiger partial charge >= 0.3 is 0 Å². The molecule has 1 aromatic carbocycles. The van der Waals surface area contributed by atoms with Crippen LogP contribution in [-0.4, -0.2) is 17.3 Å². The van der Waals surface area contributed by atoms with Gasteiger partial charge in [-0.25, -0.2) is 0 Å². The Hall–Kier alpha value is -2.10. The van der Waals surface area contributed by atoms with Crippen molar-refractivity contribution in [3.8, 4) is 5.75 Å². The fourth-order valence-electron chi connectivity index (χ4n) is 1.88. The molecule has 0 radical (unpaired) electrons. The first kappa shape index (κ1) is 12.4. The van der Waals surface area contributed by atoms with Crippen LogP contribution >= 0.6 is 0 Å². The van der Waals surface area contributed by atoms with Gasteiger partial charge in [0.05, 0.1) is 17.8 Å². The van der Waals surface area contributed by atoms with E-state index in [0.29, 0.717) is 30.0 Å². The van der Waals surface area contributed by atoms with E-state index in [1.807, 2.05) is 32.0 Å². The number of rotatable bonds is 4. The first-order valence-electron chi connectivity index (χ1n) is 6.06. The average Bonchev–Trinajstić information content (AvgIpc) is 2.39. The third-order valence-electron chi connectivity index (χ3n) is 2.87. The van der Waals surface area contributed by atoms with E-state index in [2.05, 4.69) is 4.98 Å². The van der Waals surface area contributed by atoms with Crippen LogP contribution in [0.4, 0.5) is 5.69 Å². The molecule has 4 nitrogen and oxygen atoms in total. The van der Waals surface area contributed by atoms with Crippen molar-refractivity contribution in [3.05, 3.63) is 30.0 Å². The van der Waals surface area contributed by atoms with Crippen molar-refractivity contribution in [3.63, 3.8) is 0 Å². The summed E-state index contributed by atoms with van der Waals surface area (Å²) in [4.78, 5) is 4.34. The van der Waals surface area contributed by atoms with Gasteiger partial charge in [0, 0.05) is 22.9 Å². The molecule has 0 amide bonds. The van der Waals surface area contributed by atoms with E-state index in [-0.39, 0.29) is 0 Å². The Kier molecular flexibility index (Phi) is 3.46. The Morgan fingerprint density at radius 2 is 2.17 bits per heavy atom. The number of aromatic nitrogens is 1. The standard InChI is InChI=1S/C14H17N3O/c1-3-12(15)11-8-17-13-6-5-9(18-4-2)7-10(13)14(11)16/h5-8,15H,3-4H2,1-2H3,(H2,16,17). The molecule has 2 aromatic rings. The summed E-state index contributed by atoms with van der Waals surface area (Å²) < 4.78 is 5.46. The summed E-state index contributed by atoms with van der Waals surface area (Å²) in [5.74, 6) is 0.777. The second-order valence-corrected chi connectivity index (χ2v) is 4.03. The highest BCUT2D eigenvalue weighted by Gasteiger charge is 2.09. The Morgan fingerprint density at radius 3 is 2.83 bits per heavy atom. The maximum absolute atomic E-state index is 7.88. The minimum Gasteiger partial charge on any atom is -0.494 e. The number of anilines is 1. The minimum atomic E-state index is 0.503. The summed E-state index contributed by atoms with van der Waals surface area (Å²) in [7, 11) is 0. The maximum atomic E-state index is 7.88. The molecule has 0 fully saturated rings. The quantitative estimate of drug-likeness (QED) is 0.811. The molecule has 1 heterocycles. The number of hydrogen-bond acceptors (Lipinski definition) is 4. The average molecular weight is 243 g/mol. The zero-order valence-corrected chi connectivity index (χ0v) is 10.7. The molecule has 4 heteroatoms. The van der Waals surface area contributed by atoms with Gasteiger partial charge in [0.1, 0.15) is 5.75 Å². The van der Waals surface area contributed by atoms with E-state index >= 15 is 0 Å². The molecule has 94 valence electrons. The van der Waals surface area contributed by atoms with Gasteiger partial charge in [0.2, 0.25) is 0 Å². The van der Waals surface area contributed by atoms with Gasteiger partial charge in [-0.15, -0.1) is 0 Å². The number of fused-ring (bicyclic) bond motifs is 1. The molecule has 0 unspecified atom stereocenters. The summed E-state index contributed by atoms with van der Waals surface area (Å²) in [5.41, 5.74) is 8.76.